The van der Waals surface area contributed by atoms with E-state index in [1.165, 1.54) is 47.2 Å². The van der Waals surface area contributed by atoms with Crippen molar-refractivity contribution in [2.24, 2.45) is 10.2 Å². The summed E-state index contributed by atoms with van der Waals surface area (Å²) in [6.45, 7) is 3.68. The number of amides is 2. The number of rotatable bonds is 15. The lowest BCUT2D eigenvalue weighted by molar-refractivity contribution is -0.385. The summed E-state index contributed by atoms with van der Waals surface area (Å²) in [6.07, 6.45) is 7.29. The molecule has 2 N–H and O–H groups in total. The van der Waals surface area contributed by atoms with E-state index in [9.17, 15) is 29.8 Å². The number of hydrogen-bond acceptors (Lipinski definition) is 10. The molecule has 0 atom stereocenters. The lowest BCUT2D eigenvalue weighted by Gasteiger charge is -2.01. The zero-order chi connectivity index (χ0) is 26.5. The molecule has 2 rings (SSSR count). The minimum atomic E-state index is -0.426. The lowest BCUT2D eigenvalue weighted by atomic mass is 10.1. The van der Waals surface area contributed by atoms with E-state index in [1.54, 1.807) is 0 Å². The van der Waals surface area contributed by atoms with Gasteiger partial charge < -0.3 is 0 Å². The van der Waals surface area contributed by atoms with Crippen molar-refractivity contribution in [3.8, 4) is 0 Å². The van der Waals surface area contributed by atoms with Gasteiger partial charge in [-0.05, 0) is 25.7 Å². The maximum atomic E-state index is 11.9. The fourth-order valence-electron chi connectivity index (χ4n) is 3.19. The van der Waals surface area contributed by atoms with Crippen LogP contribution in [0.3, 0.4) is 0 Å². The van der Waals surface area contributed by atoms with Gasteiger partial charge >= 0.3 is 0 Å². The van der Waals surface area contributed by atoms with E-state index in [0.717, 1.165) is 12.8 Å². The summed E-state index contributed by atoms with van der Waals surface area (Å²) in [5.41, 5.74) is 4.97. The summed E-state index contributed by atoms with van der Waals surface area (Å²) in [5.74, 6) is -0.500. The second-order valence-electron chi connectivity index (χ2n) is 7.64. The predicted molar refractivity (Wildman–Crippen MR) is 140 cm³/mol. The van der Waals surface area contributed by atoms with Crippen molar-refractivity contribution in [1.82, 2.24) is 10.9 Å². The van der Waals surface area contributed by atoms with Crippen molar-refractivity contribution < 1.29 is 19.4 Å². The number of hydrazone groups is 2. The second kappa shape index (κ2) is 14.8. The molecule has 0 radical (unpaired) electrons. The molecule has 14 heteroatoms. The zero-order valence-electron chi connectivity index (χ0n) is 20.0. The van der Waals surface area contributed by atoms with Crippen LogP contribution in [0.25, 0.3) is 0 Å². The van der Waals surface area contributed by atoms with Crippen molar-refractivity contribution in [2.75, 3.05) is 0 Å². The van der Waals surface area contributed by atoms with Crippen molar-refractivity contribution in [2.45, 2.75) is 65.2 Å². The van der Waals surface area contributed by atoms with Gasteiger partial charge in [-0.15, -0.1) is 22.7 Å². The van der Waals surface area contributed by atoms with Crippen molar-refractivity contribution in [3.63, 3.8) is 0 Å². The SMILES string of the molecule is CCc1sc(/C=N/NC(=O)CCCCCCC(=O)N/N=C/c2cc([N+](=O)[O-])c(CC)s2)cc1[N+](=O)[O-]. The Morgan fingerprint density at radius 1 is 0.806 bits per heavy atom. The fraction of sp³-hybridized carbons (Fsp3) is 0.455. The molecule has 2 amide bonds. The highest BCUT2D eigenvalue weighted by Crippen LogP contribution is 2.29. The molecule has 2 heterocycles. The van der Waals surface area contributed by atoms with E-state index < -0.39 is 9.85 Å². The van der Waals surface area contributed by atoms with E-state index in [4.69, 9.17) is 0 Å². The van der Waals surface area contributed by atoms with Crippen LogP contribution in [0.4, 0.5) is 11.4 Å². The molecule has 2 aromatic heterocycles. The number of nitrogens with one attached hydrogen (secondary N) is 2. The number of hydrogen-bond donors (Lipinski definition) is 2. The summed E-state index contributed by atoms with van der Waals surface area (Å²) in [7, 11) is 0. The number of thiophene rings is 2. The largest absolute Gasteiger partial charge is 0.283 e. The van der Waals surface area contributed by atoms with Gasteiger partial charge in [0.05, 0.1) is 41.8 Å². The smallest absolute Gasteiger partial charge is 0.273 e. The van der Waals surface area contributed by atoms with Crippen molar-refractivity contribution in [1.29, 1.82) is 0 Å². The molecule has 0 aliphatic rings. The van der Waals surface area contributed by atoms with E-state index >= 15 is 0 Å². The summed E-state index contributed by atoms with van der Waals surface area (Å²) in [6, 6.07) is 2.88. The van der Waals surface area contributed by atoms with Crippen LogP contribution in [0.5, 0.6) is 0 Å². The predicted octanol–water partition coefficient (Wildman–Crippen LogP) is 4.69. The molecular weight excluding hydrogens is 508 g/mol. The van der Waals surface area contributed by atoms with Crippen molar-refractivity contribution >= 4 is 58.3 Å². The van der Waals surface area contributed by atoms with Gasteiger partial charge in [-0.1, -0.05) is 26.7 Å². The first-order valence-corrected chi connectivity index (χ1v) is 13.1. The first kappa shape index (κ1) is 28.7. The monoisotopic (exact) mass is 536 g/mol. The second-order valence-corrected chi connectivity index (χ2v) is 9.97. The molecule has 0 saturated carbocycles. The molecule has 0 saturated heterocycles. The number of aryl methyl sites for hydroxylation is 2. The van der Waals surface area contributed by atoms with Crippen LogP contribution in [-0.2, 0) is 22.4 Å². The third-order valence-electron chi connectivity index (χ3n) is 4.97. The van der Waals surface area contributed by atoms with Gasteiger partial charge in [0.2, 0.25) is 11.8 Å². The Labute approximate surface area is 215 Å². The quantitative estimate of drug-likeness (QED) is 0.145. The molecular formula is C22H28N6O6S2. The Kier molecular flexibility index (Phi) is 11.8. The van der Waals surface area contributed by atoms with Gasteiger partial charge in [0.15, 0.2) is 0 Å². The van der Waals surface area contributed by atoms with Crippen LogP contribution in [0.1, 0.15) is 71.9 Å². The average Bonchev–Trinajstić information content (AvgIpc) is 3.45. The Morgan fingerprint density at radius 2 is 1.19 bits per heavy atom. The highest BCUT2D eigenvalue weighted by atomic mass is 32.1. The maximum Gasteiger partial charge on any atom is 0.283 e. The van der Waals surface area contributed by atoms with Crippen LogP contribution in [0.2, 0.25) is 0 Å². The fourth-order valence-corrected chi connectivity index (χ4v) is 5.08. The van der Waals surface area contributed by atoms with Gasteiger partial charge in [0.1, 0.15) is 0 Å². The Hall–Kier alpha value is -3.52. The number of nitrogens with zero attached hydrogens (tertiary/aromatic N) is 4. The van der Waals surface area contributed by atoms with Crippen LogP contribution < -0.4 is 10.9 Å². The number of nitro groups is 2. The molecule has 194 valence electrons. The van der Waals surface area contributed by atoms with Crippen LogP contribution in [-0.4, -0.2) is 34.1 Å². The highest BCUT2D eigenvalue weighted by Gasteiger charge is 2.17. The third kappa shape index (κ3) is 9.26. The van der Waals surface area contributed by atoms with E-state index in [2.05, 4.69) is 21.1 Å². The molecule has 0 spiro atoms. The van der Waals surface area contributed by atoms with Crippen molar-refractivity contribution in [3.05, 3.63) is 51.9 Å². The van der Waals surface area contributed by atoms with Crippen LogP contribution >= 0.6 is 22.7 Å². The van der Waals surface area contributed by atoms with E-state index in [1.807, 2.05) is 13.8 Å². The zero-order valence-corrected chi connectivity index (χ0v) is 21.7. The minimum absolute atomic E-state index is 0.0649. The van der Waals surface area contributed by atoms with Gasteiger partial charge in [-0.25, -0.2) is 10.9 Å². The Bertz CT molecular complexity index is 1050. The molecule has 0 aliphatic heterocycles. The molecule has 2 aromatic rings. The summed E-state index contributed by atoms with van der Waals surface area (Å²) < 4.78 is 0. The standard InChI is InChI=1S/C22H28N6O6S2/c1-3-19-17(27(31)32)11-15(35-19)13-23-25-21(29)9-7-5-6-8-10-22(30)26-24-14-16-12-18(28(33)34)20(4-2)36-16/h11-14H,3-10H2,1-2H3,(H,25,29)(H,26,30)/b23-13+,24-14+. The number of carbonyl (C=O) groups is 2. The van der Waals surface area contributed by atoms with Gasteiger partial charge in [0.25, 0.3) is 11.4 Å². The first-order valence-electron chi connectivity index (χ1n) is 11.4. The van der Waals surface area contributed by atoms with Gasteiger partial charge in [0, 0.05) is 25.0 Å². The summed E-state index contributed by atoms with van der Waals surface area (Å²) >= 11 is 2.54. The topological polar surface area (TPSA) is 169 Å². The number of carbonyl (C=O) groups excluding carboxylic acids is 2. The normalized spacial score (nSPS) is 11.3. The third-order valence-corrected chi connectivity index (χ3v) is 7.37. The van der Waals surface area contributed by atoms with E-state index in [-0.39, 0.29) is 36.0 Å². The summed E-state index contributed by atoms with van der Waals surface area (Å²) in [4.78, 5) is 47.4. The molecule has 0 fully saturated rings. The molecule has 36 heavy (non-hydrogen) atoms. The number of unbranched alkanes of at least 4 members (excludes halogenated alkanes) is 3. The molecule has 0 aromatic carbocycles. The molecule has 12 nitrogen and oxygen atoms in total. The molecule has 0 bridgehead atoms. The van der Waals surface area contributed by atoms with Crippen LogP contribution in [0, 0.1) is 20.2 Å². The Balaban J connectivity index is 1.59. The maximum absolute atomic E-state index is 11.9. The molecule has 0 unspecified atom stereocenters. The van der Waals surface area contributed by atoms with Crippen LogP contribution in [0.15, 0.2) is 22.3 Å². The van der Waals surface area contributed by atoms with Gasteiger partial charge in [-0.3, -0.25) is 29.8 Å². The van der Waals surface area contributed by atoms with E-state index in [0.29, 0.717) is 45.2 Å². The highest BCUT2D eigenvalue weighted by molar-refractivity contribution is 7.14. The van der Waals surface area contributed by atoms with Gasteiger partial charge in [-0.2, -0.15) is 10.2 Å². The lowest BCUT2D eigenvalue weighted by Crippen LogP contribution is -2.17. The summed E-state index contributed by atoms with van der Waals surface area (Å²) in [5, 5.41) is 29.7. The minimum Gasteiger partial charge on any atom is -0.273 e. The average molecular weight is 537 g/mol. The first-order chi connectivity index (χ1) is 17.2. The molecule has 0 aliphatic carbocycles. The Morgan fingerprint density at radius 3 is 1.50 bits per heavy atom.